The number of aromatic nitrogens is 2. The van der Waals surface area contributed by atoms with E-state index in [2.05, 4.69) is 36.1 Å². The number of nitrogens with one attached hydrogen (secondary N) is 1. The number of hydrogen-bond donors (Lipinski definition) is 1. The van der Waals surface area contributed by atoms with Crippen LogP contribution in [0.3, 0.4) is 0 Å². The third-order valence-electron chi connectivity index (χ3n) is 5.29. The molecule has 1 aromatic rings. The van der Waals surface area contributed by atoms with Crippen LogP contribution in [-0.4, -0.2) is 40.2 Å². The van der Waals surface area contributed by atoms with Crippen LogP contribution in [0.1, 0.15) is 51.6 Å². The number of likely N-dealkylation sites (N-methyl/N-ethyl adjacent to an activating group) is 1. The molecule has 1 saturated heterocycles. The lowest BCUT2D eigenvalue weighted by Gasteiger charge is -2.39. The zero-order chi connectivity index (χ0) is 16.1. The predicted molar refractivity (Wildman–Crippen MR) is 93.5 cm³/mol. The van der Waals surface area contributed by atoms with E-state index in [1.807, 2.05) is 20.3 Å². The molecule has 1 aliphatic carbocycles. The Labute approximate surface area is 145 Å². The van der Waals surface area contributed by atoms with Gasteiger partial charge in [0, 0.05) is 31.4 Å². The average Bonchev–Trinajstić information content (AvgIpc) is 2.90. The minimum Gasteiger partial charge on any atom is -0.337 e. The van der Waals surface area contributed by atoms with Crippen molar-refractivity contribution < 1.29 is 4.79 Å². The summed E-state index contributed by atoms with van der Waals surface area (Å²) >= 11 is 0. The van der Waals surface area contributed by atoms with Crippen LogP contribution in [0, 0.1) is 10.8 Å². The Kier molecular flexibility index (Phi) is 4.84. The van der Waals surface area contributed by atoms with Gasteiger partial charge in [-0.05, 0) is 37.1 Å². The Hall–Kier alpha value is -1.07. The molecule has 1 saturated carbocycles. The fourth-order valence-corrected chi connectivity index (χ4v) is 4.91. The zero-order valence-corrected chi connectivity index (χ0v) is 15.6. The van der Waals surface area contributed by atoms with Crippen molar-refractivity contribution in [3.63, 3.8) is 0 Å². The molecule has 6 heteroatoms. The van der Waals surface area contributed by atoms with Gasteiger partial charge in [0.25, 0.3) is 0 Å². The zero-order valence-electron chi connectivity index (χ0n) is 14.8. The van der Waals surface area contributed by atoms with E-state index in [1.165, 1.54) is 6.42 Å². The van der Waals surface area contributed by atoms with Crippen molar-refractivity contribution in [3.05, 3.63) is 18.0 Å². The summed E-state index contributed by atoms with van der Waals surface area (Å²) in [6.45, 7) is 7.90. The molecule has 3 rings (SSSR count). The summed E-state index contributed by atoms with van der Waals surface area (Å²) in [5.41, 5.74) is 1.55. The van der Waals surface area contributed by atoms with Gasteiger partial charge in [0.1, 0.15) is 6.04 Å². The van der Waals surface area contributed by atoms with E-state index in [9.17, 15) is 4.79 Å². The van der Waals surface area contributed by atoms with E-state index >= 15 is 0 Å². The van der Waals surface area contributed by atoms with E-state index in [0.717, 1.165) is 24.9 Å². The maximum Gasteiger partial charge on any atom is 0.244 e. The van der Waals surface area contributed by atoms with E-state index in [-0.39, 0.29) is 29.8 Å². The number of hydrogen-bond acceptors (Lipinski definition) is 3. The molecule has 0 radical (unpaired) electrons. The average molecular weight is 341 g/mol. The first kappa shape index (κ1) is 18.3. The van der Waals surface area contributed by atoms with Crippen molar-refractivity contribution in [2.75, 3.05) is 13.6 Å². The van der Waals surface area contributed by atoms with Crippen LogP contribution in [0.25, 0.3) is 0 Å². The number of rotatable bonds is 3. The predicted octanol–water partition coefficient (Wildman–Crippen LogP) is 2.53. The standard InChI is InChI=1S/C17H28N4O.ClH/c1-16(2)6-13-7-17(3,10-16)11-21(13)15(22)14(18-4)12-8-19-20(5)9-12;/h8-9,13-14,18H,6-7,10-11H2,1-5H3;1H. The van der Waals surface area contributed by atoms with Crippen molar-refractivity contribution in [3.8, 4) is 0 Å². The van der Waals surface area contributed by atoms with Crippen molar-refractivity contribution in [1.82, 2.24) is 20.0 Å². The van der Waals surface area contributed by atoms with Crippen molar-refractivity contribution >= 4 is 18.3 Å². The monoisotopic (exact) mass is 340 g/mol. The molecule has 2 fully saturated rings. The van der Waals surface area contributed by atoms with Gasteiger partial charge in [-0.2, -0.15) is 5.10 Å². The Bertz CT molecular complexity index is 585. The first-order chi connectivity index (χ1) is 10.2. The van der Waals surface area contributed by atoms with Gasteiger partial charge in [-0.1, -0.05) is 20.8 Å². The molecule has 5 nitrogen and oxygen atoms in total. The molecule has 130 valence electrons. The molecule has 23 heavy (non-hydrogen) atoms. The Morgan fingerprint density at radius 1 is 1.39 bits per heavy atom. The van der Waals surface area contributed by atoms with Crippen LogP contribution in [0.15, 0.2) is 12.4 Å². The van der Waals surface area contributed by atoms with Crippen molar-refractivity contribution in [2.45, 2.75) is 52.1 Å². The van der Waals surface area contributed by atoms with E-state index in [0.29, 0.717) is 11.5 Å². The lowest BCUT2D eigenvalue weighted by atomic mass is 9.65. The second kappa shape index (κ2) is 6.10. The first-order valence-electron chi connectivity index (χ1n) is 8.19. The number of halogens is 1. The molecular formula is C17H29ClN4O. The Balaban J connectivity index is 0.00000192. The number of carbonyl (C=O) groups is 1. The van der Waals surface area contributed by atoms with Gasteiger partial charge >= 0.3 is 0 Å². The Morgan fingerprint density at radius 2 is 2.09 bits per heavy atom. The van der Waals surface area contributed by atoms with E-state index in [4.69, 9.17) is 0 Å². The summed E-state index contributed by atoms with van der Waals surface area (Å²) in [7, 11) is 3.73. The van der Waals surface area contributed by atoms with Crippen LogP contribution in [0.4, 0.5) is 0 Å². The van der Waals surface area contributed by atoms with Crippen molar-refractivity contribution in [1.29, 1.82) is 0 Å². The maximum atomic E-state index is 13.1. The summed E-state index contributed by atoms with van der Waals surface area (Å²) in [5.74, 6) is 0.196. The number of aryl methyl sites for hydroxylation is 1. The van der Waals surface area contributed by atoms with E-state index in [1.54, 1.807) is 10.9 Å². The topological polar surface area (TPSA) is 50.2 Å². The highest BCUT2D eigenvalue weighted by molar-refractivity contribution is 5.85. The summed E-state index contributed by atoms with van der Waals surface area (Å²) in [6.07, 6.45) is 7.17. The molecule has 2 aliphatic rings. The number of nitrogens with zero attached hydrogens (tertiary/aromatic N) is 3. The van der Waals surface area contributed by atoms with E-state index < -0.39 is 0 Å². The fourth-order valence-electron chi connectivity index (χ4n) is 4.91. The second-order valence-electron chi connectivity index (χ2n) is 8.35. The third-order valence-corrected chi connectivity index (χ3v) is 5.29. The fraction of sp³-hybridized carbons (Fsp3) is 0.765. The lowest BCUT2D eigenvalue weighted by Crippen LogP contribution is -2.43. The summed E-state index contributed by atoms with van der Waals surface area (Å²) in [5, 5.41) is 7.38. The van der Waals surface area contributed by atoms with Gasteiger partial charge in [0.2, 0.25) is 5.91 Å². The minimum atomic E-state index is -0.292. The highest BCUT2D eigenvalue weighted by Gasteiger charge is 2.51. The molecular weight excluding hydrogens is 312 g/mol. The van der Waals surface area contributed by atoms with Gasteiger partial charge in [0.05, 0.1) is 6.20 Å². The molecule has 0 spiro atoms. The van der Waals surface area contributed by atoms with Crippen LogP contribution < -0.4 is 5.32 Å². The van der Waals surface area contributed by atoms with Gasteiger partial charge in [-0.3, -0.25) is 9.48 Å². The largest absolute Gasteiger partial charge is 0.337 e. The molecule has 0 aromatic carbocycles. The smallest absolute Gasteiger partial charge is 0.244 e. The lowest BCUT2D eigenvalue weighted by molar-refractivity contribution is -0.134. The SMILES string of the molecule is CNC(C(=O)N1CC2(C)CC1CC(C)(C)C2)c1cnn(C)c1.Cl. The summed E-state index contributed by atoms with van der Waals surface area (Å²) in [6, 6.07) is 0.0912. The van der Waals surface area contributed by atoms with Crippen LogP contribution in [0.2, 0.25) is 0 Å². The highest BCUT2D eigenvalue weighted by atomic mass is 35.5. The van der Waals surface area contributed by atoms with Gasteiger partial charge < -0.3 is 10.2 Å². The van der Waals surface area contributed by atoms with Crippen LogP contribution >= 0.6 is 12.4 Å². The Morgan fingerprint density at radius 3 is 2.65 bits per heavy atom. The quantitative estimate of drug-likeness (QED) is 0.919. The second-order valence-corrected chi connectivity index (χ2v) is 8.35. The summed E-state index contributed by atoms with van der Waals surface area (Å²) in [4.78, 5) is 15.2. The number of likely N-dealkylation sites (tertiary alicyclic amines) is 1. The molecule has 2 bridgehead atoms. The molecule has 3 atom stereocenters. The highest BCUT2D eigenvalue weighted by Crippen LogP contribution is 2.52. The van der Waals surface area contributed by atoms with Gasteiger partial charge in [-0.25, -0.2) is 0 Å². The third kappa shape index (κ3) is 3.41. The molecule has 1 amide bonds. The maximum absolute atomic E-state index is 13.1. The molecule has 2 heterocycles. The summed E-state index contributed by atoms with van der Waals surface area (Å²) < 4.78 is 1.75. The molecule has 3 unspecified atom stereocenters. The van der Waals surface area contributed by atoms with Gasteiger partial charge in [0.15, 0.2) is 0 Å². The number of fused-ring (bicyclic) bond motifs is 2. The number of amides is 1. The van der Waals surface area contributed by atoms with Crippen LogP contribution in [-0.2, 0) is 11.8 Å². The molecule has 1 N–H and O–H groups in total. The normalized spacial score (nSPS) is 30.0. The molecule has 1 aromatic heterocycles. The minimum absolute atomic E-state index is 0. The first-order valence-corrected chi connectivity index (χ1v) is 8.19. The van der Waals surface area contributed by atoms with Gasteiger partial charge in [-0.15, -0.1) is 12.4 Å². The van der Waals surface area contributed by atoms with Crippen molar-refractivity contribution in [2.24, 2.45) is 17.9 Å². The van der Waals surface area contributed by atoms with Crippen LogP contribution in [0.5, 0.6) is 0 Å². The molecule has 1 aliphatic heterocycles. The number of carbonyl (C=O) groups excluding carboxylic acids is 1.